The monoisotopic (exact) mass is 821 g/mol. The van der Waals surface area contributed by atoms with Gasteiger partial charge in [0.05, 0.1) is 36.0 Å². The van der Waals surface area contributed by atoms with E-state index in [1.165, 1.54) is 116 Å². The quantitative estimate of drug-likeness (QED) is 0.0373. The number of nitrogens with zero attached hydrogens (tertiary/aromatic N) is 4. The molecule has 1 N–H and O–H groups in total. The summed E-state index contributed by atoms with van der Waals surface area (Å²) in [6.07, 6.45) is 25.5. The summed E-state index contributed by atoms with van der Waals surface area (Å²) in [7, 11) is 0. The third-order valence-corrected chi connectivity index (χ3v) is 10.3. The first kappa shape index (κ1) is 47.9. The van der Waals surface area contributed by atoms with E-state index in [-0.39, 0.29) is 13.2 Å². The number of azo groups is 2. The van der Waals surface area contributed by atoms with E-state index in [9.17, 15) is 5.11 Å². The van der Waals surface area contributed by atoms with Crippen LogP contribution in [0, 0.1) is 0 Å². The molecule has 4 rings (SSSR count). The average molecular weight is 821 g/mol. The molecule has 0 atom stereocenters. The van der Waals surface area contributed by atoms with Crippen LogP contribution in [0.1, 0.15) is 142 Å². The number of ether oxygens (including phenoxy) is 4. The Bertz CT molecular complexity index is 1570. The highest BCUT2D eigenvalue weighted by Crippen LogP contribution is 2.26. The Balaban J connectivity index is 1.03. The highest BCUT2D eigenvalue weighted by molar-refractivity contribution is 5.45. The van der Waals surface area contributed by atoms with Gasteiger partial charge in [-0.05, 0) is 110 Å². The van der Waals surface area contributed by atoms with Crippen molar-refractivity contribution in [3.05, 3.63) is 97.1 Å². The Morgan fingerprint density at radius 1 is 0.333 bits per heavy atom. The fourth-order valence-electron chi connectivity index (χ4n) is 6.66. The maximum absolute atomic E-state index is 10.5. The van der Waals surface area contributed by atoms with Gasteiger partial charge in [0.2, 0.25) is 0 Å². The number of aliphatic hydroxyl groups is 1. The molecule has 0 amide bonds. The van der Waals surface area contributed by atoms with Crippen molar-refractivity contribution >= 4 is 22.7 Å². The normalized spacial score (nSPS) is 12.0. The molecule has 0 radical (unpaired) electrons. The van der Waals surface area contributed by atoms with Crippen LogP contribution in [-0.4, -0.2) is 37.6 Å². The first-order valence-corrected chi connectivity index (χ1v) is 23.0. The predicted octanol–water partition coefficient (Wildman–Crippen LogP) is 15.9. The summed E-state index contributed by atoms with van der Waals surface area (Å²) in [6.45, 7) is 6.19. The van der Waals surface area contributed by atoms with Gasteiger partial charge >= 0.3 is 0 Å². The van der Waals surface area contributed by atoms with E-state index >= 15 is 0 Å². The van der Waals surface area contributed by atoms with Crippen LogP contribution in [0.4, 0.5) is 22.7 Å². The Labute approximate surface area is 361 Å². The van der Waals surface area contributed by atoms with Crippen LogP contribution in [0.2, 0.25) is 0 Å². The topological polar surface area (TPSA) is 107 Å². The first-order valence-electron chi connectivity index (χ1n) is 23.0. The van der Waals surface area contributed by atoms with E-state index in [2.05, 4.69) is 34.3 Å². The minimum atomic E-state index is -0.813. The van der Waals surface area contributed by atoms with Crippen LogP contribution in [0.3, 0.4) is 0 Å². The molecular weight excluding hydrogens is 749 g/mol. The molecule has 0 fully saturated rings. The highest BCUT2D eigenvalue weighted by Gasteiger charge is 2.08. The van der Waals surface area contributed by atoms with Gasteiger partial charge < -0.3 is 24.1 Å². The summed E-state index contributed by atoms with van der Waals surface area (Å²) in [5.41, 5.74) is 2.91. The smallest absolute Gasteiger partial charge is 0.122 e. The SMILES string of the molecule is CCCCCCCCCCCCOc1ccc(N=Nc2ccc(OCC(O)COc3ccc(N=Nc4ccc(OCCCCCCCCCCCC)cc4)cc3)cc2)cc1. The van der Waals surface area contributed by atoms with Crippen molar-refractivity contribution in [1.29, 1.82) is 0 Å². The second-order valence-corrected chi connectivity index (χ2v) is 15.7. The number of benzene rings is 4. The summed E-state index contributed by atoms with van der Waals surface area (Å²) in [4.78, 5) is 0. The molecule has 4 aromatic carbocycles. The minimum Gasteiger partial charge on any atom is -0.494 e. The molecule has 0 saturated heterocycles. The van der Waals surface area contributed by atoms with Gasteiger partial charge in [0.15, 0.2) is 0 Å². The zero-order valence-electron chi connectivity index (χ0n) is 36.7. The number of unbranched alkanes of at least 4 members (excludes halogenated alkanes) is 18. The molecule has 0 bridgehead atoms. The Morgan fingerprint density at radius 2 is 0.567 bits per heavy atom. The fourth-order valence-corrected chi connectivity index (χ4v) is 6.66. The Morgan fingerprint density at radius 3 is 0.833 bits per heavy atom. The number of hydrogen-bond acceptors (Lipinski definition) is 9. The molecule has 0 saturated carbocycles. The van der Waals surface area contributed by atoms with E-state index in [0.717, 1.165) is 48.9 Å². The molecule has 9 heteroatoms. The van der Waals surface area contributed by atoms with E-state index in [4.69, 9.17) is 18.9 Å². The van der Waals surface area contributed by atoms with Gasteiger partial charge in [-0.2, -0.15) is 20.5 Å². The standard InChI is InChI=1S/C51H72N4O5/c1-3-5-7-9-11-13-15-17-19-21-39-57-48-31-23-43(24-32-48)52-54-45-27-35-50(36-28-45)59-41-47(56)42-60-51-37-29-46(30-38-51)55-53-44-25-33-49(34-26-44)58-40-22-20-18-16-14-12-10-8-6-4-2/h23-38,47,56H,3-22,39-42H2,1-2H3. The predicted molar refractivity (Wildman–Crippen MR) is 246 cm³/mol. The molecule has 326 valence electrons. The molecule has 0 aliphatic carbocycles. The Hall–Kier alpha value is -4.76. The van der Waals surface area contributed by atoms with Crippen molar-refractivity contribution in [1.82, 2.24) is 0 Å². The van der Waals surface area contributed by atoms with E-state index in [1.54, 1.807) is 0 Å². The maximum Gasteiger partial charge on any atom is 0.122 e. The van der Waals surface area contributed by atoms with Crippen LogP contribution in [-0.2, 0) is 0 Å². The molecule has 60 heavy (non-hydrogen) atoms. The van der Waals surface area contributed by atoms with Crippen molar-refractivity contribution < 1.29 is 24.1 Å². The lowest BCUT2D eigenvalue weighted by molar-refractivity contribution is 0.0626. The van der Waals surface area contributed by atoms with Gasteiger partial charge in [-0.1, -0.05) is 129 Å². The van der Waals surface area contributed by atoms with Gasteiger partial charge in [-0.25, -0.2) is 0 Å². The van der Waals surface area contributed by atoms with Crippen LogP contribution in [0.15, 0.2) is 118 Å². The Kier molecular flexibility index (Phi) is 24.9. The first-order chi connectivity index (χ1) is 29.6. The van der Waals surface area contributed by atoms with Gasteiger partial charge in [-0.3, -0.25) is 0 Å². The molecule has 0 aliphatic heterocycles. The molecule has 4 aromatic rings. The fraction of sp³-hybridized carbons (Fsp3) is 0.529. The van der Waals surface area contributed by atoms with Crippen LogP contribution < -0.4 is 18.9 Å². The van der Waals surface area contributed by atoms with E-state index in [0.29, 0.717) is 22.9 Å². The molecule has 0 spiro atoms. The van der Waals surface area contributed by atoms with Crippen molar-refractivity contribution in [2.24, 2.45) is 20.5 Å². The number of hydrogen-bond donors (Lipinski definition) is 1. The second kappa shape index (κ2) is 31.2. The lowest BCUT2D eigenvalue weighted by Gasteiger charge is -2.13. The number of aliphatic hydroxyl groups excluding tert-OH is 1. The molecule has 0 heterocycles. The maximum atomic E-state index is 10.5. The van der Waals surface area contributed by atoms with Gasteiger partial charge in [0.1, 0.15) is 42.3 Å². The number of rotatable bonds is 34. The second-order valence-electron chi connectivity index (χ2n) is 15.7. The molecule has 0 aliphatic rings. The van der Waals surface area contributed by atoms with Gasteiger partial charge in [0.25, 0.3) is 0 Å². The van der Waals surface area contributed by atoms with E-state index < -0.39 is 6.10 Å². The average Bonchev–Trinajstić information content (AvgIpc) is 3.28. The largest absolute Gasteiger partial charge is 0.494 e. The van der Waals surface area contributed by atoms with Crippen molar-refractivity contribution in [2.45, 2.75) is 148 Å². The van der Waals surface area contributed by atoms with Crippen LogP contribution >= 0.6 is 0 Å². The summed E-state index contributed by atoms with van der Waals surface area (Å²) in [5, 5.41) is 27.8. The summed E-state index contributed by atoms with van der Waals surface area (Å²) in [6, 6.07) is 29.9. The summed E-state index contributed by atoms with van der Waals surface area (Å²) in [5.74, 6) is 2.96. The molecule has 0 aromatic heterocycles. The lowest BCUT2D eigenvalue weighted by atomic mass is 10.1. The van der Waals surface area contributed by atoms with Crippen LogP contribution in [0.25, 0.3) is 0 Å². The van der Waals surface area contributed by atoms with Crippen LogP contribution in [0.5, 0.6) is 23.0 Å². The van der Waals surface area contributed by atoms with Crippen molar-refractivity contribution in [3.63, 3.8) is 0 Å². The summed E-state index contributed by atoms with van der Waals surface area (Å²) >= 11 is 0. The van der Waals surface area contributed by atoms with Crippen molar-refractivity contribution in [2.75, 3.05) is 26.4 Å². The van der Waals surface area contributed by atoms with Gasteiger partial charge in [0, 0.05) is 0 Å². The zero-order chi connectivity index (χ0) is 42.1. The minimum absolute atomic E-state index is 0.0872. The molecule has 9 nitrogen and oxygen atoms in total. The zero-order valence-corrected chi connectivity index (χ0v) is 36.7. The highest BCUT2D eigenvalue weighted by atomic mass is 16.5. The lowest BCUT2D eigenvalue weighted by Crippen LogP contribution is -2.25. The van der Waals surface area contributed by atoms with E-state index in [1.807, 2.05) is 97.1 Å². The summed E-state index contributed by atoms with van der Waals surface area (Å²) < 4.78 is 23.4. The molecular formula is C51H72N4O5. The van der Waals surface area contributed by atoms with Gasteiger partial charge in [-0.15, -0.1) is 0 Å². The molecule has 0 unspecified atom stereocenters. The third kappa shape index (κ3) is 22.0. The van der Waals surface area contributed by atoms with Crippen molar-refractivity contribution in [3.8, 4) is 23.0 Å². The third-order valence-electron chi connectivity index (χ3n) is 10.3.